The number of nitrogens with zero attached hydrogens (tertiary/aromatic N) is 1. The minimum absolute atomic E-state index is 0.249. The zero-order valence-corrected chi connectivity index (χ0v) is 17.1. The van der Waals surface area contributed by atoms with Gasteiger partial charge in [-0.3, -0.25) is 4.90 Å². The van der Waals surface area contributed by atoms with Crippen LogP contribution in [0.3, 0.4) is 0 Å². The molecule has 0 aromatic heterocycles. The highest BCUT2D eigenvalue weighted by Gasteiger charge is 2.25. The Bertz CT molecular complexity index is 834. The Hall–Kier alpha value is -1.25. The summed E-state index contributed by atoms with van der Waals surface area (Å²) in [6, 6.07) is 14.5. The predicted octanol–water partition coefficient (Wildman–Crippen LogP) is 3.11. The fourth-order valence-corrected chi connectivity index (χ4v) is 5.18. The maximum absolute atomic E-state index is 13.0. The van der Waals surface area contributed by atoms with Crippen molar-refractivity contribution in [1.82, 2.24) is 9.62 Å². The van der Waals surface area contributed by atoms with Gasteiger partial charge in [-0.15, -0.1) is 0 Å². The highest BCUT2D eigenvalue weighted by atomic mass is 79.9. The Morgan fingerprint density at radius 3 is 2.42 bits per heavy atom. The van der Waals surface area contributed by atoms with Crippen LogP contribution in [0.4, 0.5) is 0 Å². The summed E-state index contributed by atoms with van der Waals surface area (Å²) in [5.74, 6) is 0. The maximum atomic E-state index is 13.0. The van der Waals surface area contributed by atoms with Crippen LogP contribution in [0.1, 0.15) is 17.2 Å². The normalized spacial score (nSPS) is 17.2. The third kappa shape index (κ3) is 4.92. The first kappa shape index (κ1) is 19.5. The van der Waals surface area contributed by atoms with Crippen LogP contribution in [0.5, 0.6) is 0 Å². The highest BCUT2D eigenvalue weighted by molar-refractivity contribution is 9.10. The van der Waals surface area contributed by atoms with Gasteiger partial charge in [0.25, 0.3) is 0 Å². The van der Waals surface area contributed by atoms with Gasteiger partial charge in [0.15, 0.2) is 0 Å². The summed E-state index contributed by atoms with van der Waals surface area (Å²) in [4.78, 5) is 2.48. The molecule has 1 heterocycles. The summed E-state index contributed by atoms with van der Waals surface area (Å²) in [5.41, 5.74) is 2.10. The topological polar surface area (TPSA) is 58.6 Å². The largest absolute Gasteiger partial charge is 0.379 e. The lowest BCUT2D eigenvalue weighted by Crippen LogP contribution is -2.43. The van der Waals surface area contributed by atoms with E-state index in [0.717, 1.165) is 24.2 Å². The summed E-state index contributed by atoms with van der Waals surface area (Å²) in [6.07, 6.45) is 0. The van der Waals surface area contributed by atoms with Crippen LogP contribution >= 0.6 is 15.9 Å². The van der Waals surface area contributed by atoms with Crippen LogP contribution in [-0.2, 0) is 14.8 Å². The number of ether oxygens (including phenoxy) is 1. The second kappa shape index (κ2) is 8.63. The molecular formula is C19H23BrN2O3S. The number of hydrogen-bond donors (Lipinski definition) is 1. The van der Waals surface area contributed by atoms with Crippen LogP contribution in [-0.4, -0.2) is 46.2 Å². The van der Waals surface area contributed by atoms with Gasteiger partial charge in [0.2, 0.25) is 10.0 Å². The van der Waals surface area contributed by atoms with E-state index in [1.165, 1.54) is 0 Å². The molecule has 3 rings (SSSR count). The van der Waals surface area contributed by atoms with E-state index in [1.807, 2.05) is 31.2 Å². The SMILES string of the molecule is Cc1ccc([C@H](CN2CCOCC2)NS(=O)(=O)c2ccccc2Br)cc1. The van der Waals surface area contributed by atoms with Crippen LogP contribution in [0.25, 0.3) is 0 Å². The van der Waals surface area contributed by atoms with Crippen LogP contribution in [0, 0.1) is 6.92 Å². The zero-order valence-electron chi connectivity index (χ0n) is 14.7. The van der Waals surface area contributed by atoms with Crippen molar-refractivity contribution in [3.8, 4) is 0 Å². The number of morpholine rings is 1. The highest BCUT2D eigenvalue weighted by Crippen LogP contribution is 2.24. The lowest BCUT2D eigenvalue weighted by atomic mass is 10.1. The molecule has 1 atom stereocenters. The molecule has 2 aromatic rings. The fraction of sp³-hybridized carbons (Fsp3) is 0.368. The van der Waals surface area contributed by atoms with Gasteiger partial charge in [-0.2, -0.15) is 0 Å². The molecule has 0 amide bonds. The molecule has 0 bridgehead atoms. The number of nitrogens with one attached hydrogen (secondary N) is 1. The second-order valence-electron chi connectivity index (χ2n) is 6.43. The number of rotatable bonds is 6. The van der Waals surface area contributed by atoms with E-state index in [4.69, 9.17) is 4.74 Å². The molecular weight excluding hydrogens is 416 g/mol. The van der Waals surface area contributed by atoms with E-state index < -0.39 is 10.0 Å². The van der Waals surface area contributed by atoms with Gasteiger partial charge in [0.05, 0.1) is 24.2 Å². The number of halogens is 1. The fourth-order valence-electron chi connectivity index (χ4n) is 2.96. The molecule has 0 spiro atoms. The Labute approximate surface area is 163 Å². The molecule has 1 saturated heterocycles. The molecule has 1 fully saturated rings. The standard InChI is InChI=1S/C19H23BrN2O3S/c1-15-6-8-16(9-7-15)18(14-22-10-12-25-13-11-22)21-26(23,24)19-5-3-2-4-17(19)20/h2-9,18,21H,10-14H2,1H3/t18-/m0/s1. The van der Waals surface area contributed by atoms with Gasteiger partial charge in [0, 0.05) is 24.1 Å². The first-order chi connectivity index (χ1) is 12.5. The number of hydrogen-bond acceptors (Lipinski definition) is 4. The molecule has 26 heavy (non-hydrogen) atoms. The molecule has 2 aromatic carbocycles. The predicted molar refractivity (Wildman–Crippen MR) is 106 cm³/mol. The first-order valence-electron chi connectivity index (χ1n) is 8.59. The minimum atomic E-state index is -3.65. The number of benzene rings is 2. The van der Waals surface area contributed by atoms with E-state index in [2.05, 4.69) is 25.6 Å². The summed E-state index contributed by atoms with van der Waals surface area (Å²) in [7, 11) is -3.65. The van der Waals surface area contributed by atoms with Gasteiger partial charge < -0.3 is 4.74 Å². The molecule has 1 aliphatic heterocycles. The molecule has 0 saturated carbocycles. The number of aryl methyl sites for hydroxylation is 1. The minimum Gasteiger partial charge on any atom is -0.379 e. The third-order valence-electron chi connectivity index (χ3n) is 4.45. The molecule has 0 aliphatic carbocycles. The average Bonchev–Trinajstić information content (AvgIpc) is 2.63. The summed E-state index contributed by atoms with van der Waals surface area (Å²) in [6.45, 7) is 5.59. The molecule has 7 heteroatoms. The van der Waals surface area contributed by atoms with Crippen molar-refractivity contribution in [2.45, 2.75) is 17.9 Å². The Morgan fingerprint density at radius 1 is 1.12 bits per heavy atom. The summed E-state index contributed by atoms with van der Waals surface area (Å²) in [5, 5.41) is 0. The quantitative estimate of drug-likeness (QED) is 0.752. The van der Waals surface area contributed by atoms with E-state index in [-0.39, 0.29) is 10.9 Å². The van der Waals surface area contributed by atoms with Crippen molar-refractivity contribution in [2.75, 3.05) is 32.8 Å². The first-order valence-corrected chi connectivity index (χ1v) is 10.9. The molecule has 0 radical (unpaired) electrons. The lowest BCUT2D eigenvalue weighted by Gasteiger charge is -2.31. The molecule has 5 nitrogen and oxygen atoms in total. The summed E-state index contributed by atoms with van der Waals surface area (Å²) >= 11 is 3.34. The molecule has 1 aliphatic rings. The van der Waals surface area contributed by atoms with Crippen LogP contribution in [0.2, 0.25) is 0 Å². The smallest absolute Gasteiger partial charge is 0.242 e. The van der Waals surface area contributed by atoms with Gasteiger partial charge in [-0.1, -0.05) is 42.0 Å². The van der Waals surface area contributed by atoms with Crippen LogP contribution in [0.15, 0.2) is 57.9 Å². The van der Waals surface area contributed by atoms with Crippen molar-refractivity contribution in [1.29, 1.82) is 0 Å². The van der Waals surface area contributed by atoms with Crippen molar-refractivity contribution < 1.29 is 13.2 Å². The summed E-state index contributed by atoms with van der Waals surface area (Å²) < 4.78 is 34.8. The van der Waals surface area contributed by atoms with E-state index >= 15 is 0 Å². The second-order valence-corrected chi connectivity index (χ2v) is 8.96. The molecule has 0 unspecified atom stereocenters. The van der Waals surface area contributed by atoms with Gasteiger partial charge in [-0.25, -0.2) is 13.1 Å². The Kier molecular flexibility index (Phi) is 6.47. The van der Waals surface area contributed by atoms with Gasteiger partial charge in [-0.05, 0) is 40.5 Å². The number of sulfonamides is 1. The van der Waals surface area contributed by atoms with Crippen molar-refractivity contribution in [3.05, 3.63) is 64.1 Å². The lowest BCUT2D eigenvalue weighted by molar-refractivity contribution is 0.0345. The Morgan fingerprint density at radius 2 is 1.77 bits per heavy atom. The van der Waals surface area contributed by atoms with Crippen molar-refractivity contribution in [3.63, 3.8) is 0 Å². The van der Waals surface area contributed by atoms with Crippen molar-refractivity contribution >= 4 is 26.0 Å². The average molecular weight is 439 g/mol. The molecule has 140 valence electrons. The van der Waals surface area contributed by atoms with Gasteiger partial charge >= 0.3 is 0 Å². The monoisotopic (exact) mass is 438 g/mol. The van der Waals surface area contributed by atoms with Crippen molar-refractivity contribution in [2.24, 2.45) is 0 Å². The van der Waals surface area contributed by atoms with Crippen LogP contribution < -0.4 is 4.72 Å². The van der Waals surface area contributed by atoms with E-state index in [1.54, 1.807) is 24.3 Å². The third-order valence-corrected chi connectivity index (χ3v) is 6.93. The zero-order chi connectivity index (χ0) is 18.6. The molecule has 1 N–H and O–H groups in total. The van der Waals surface area contributed by atoms with E-state index in [0.29, 0.717) is 24.2 Å². The van der Waals surface area contributed by atoms with Gasteiger partial charge in [0.1, 0.15) is 0 Å². The van der Waals surface area contributed by atoms with E-state index in [9.17, 15) is 8.42 Å². The Balaban J connectivity index is 1.87. The maximum Gasteiger partial charge on any atom is 0.242 e.